The average Bonchev–Trinajstić information content (AvgIpc) is 2.88. The molecule has 0 unspecified atom stereocenters. The van der Waals surface area contributed by atoms with Crippen LogP contribution in [0, 0.1) is 5.92 Å². The molecule has 0 aliphatic carbocycles. The highest BCUT2D eigenvalue weighted by atomic mass is 16.1. The first-order chi connectivity index (χ1) is 9.65. The van der Waals surface area contributed by atoms with Crippen molar-refractivity contribution in [2.45, 2.75) is 26.8 Å². The Morgan fingerprint density at radius 2 is 2.05 bits per heavy atom. The predicted molar refractivity (Wildman–Crippen MR) is 79.6 cm³/mol. The van der Waals surface area contributed by atoms with Crippen LogP contribution in [0.25, 0.3) is 0 Å². The van der Waals surface area contributed by atoms with E-state index in [4.69, 9.17) is 0 Å². The van der Waals surface area contributed by atoms with Crippen LogP contribution in [0.2, 0.25) is 0 Å². The quantitative estimate of drug-likeness (QED) is 0.878. The van der Waals surface area contributed by atoms with Crippen molar-refractivity contribution in [1.82, 2.24) is 15.1 Å². The van der Waals surface area contributed by atoms with Crippen molar-refractivity contribution in [3.05, 3.63) is 53.9 Å². The van der Waals surface area contributed by atoms with Gasteiger partial charge in [0, 0.05) is 12.7 Å². The lowest BCUT2D eigenvalue weighted by Crippen LogP contribution is -2.24. The van der Waals surface area contributed by atoms with Gasteiger partial charge < -0.3 is 5.32 Å². The minimum Gasteiger partial charge on any atom is -0.352 e. The zero-order chi connectivity index (χ0) is 14.4. The number of hydrogen-bond donors (Lipinski definition) is 1. The zero-order valence-electron chi connectivity index (χ0n) is 12.0. The second kappa shape index (κ2) is 6.89. The molecule has 1 aromatic carbocycles. The van der Waals surface area contributed by atoms with Crippen molar-refractivity contribution >= 4 is 5.91 Å². The summed E-state index contributed by atoms with van der Waals surface area (Å²) in [5, 5.41) is 7.15. The third kappa shape index (κ3) is 4.23. The molecule has 0 saturated heterocycles. The number of benzene rings is 1. The van der Waals surface area contributed by atoms with Crippen molar-refractivity contribution in [3.8, 4) is 0 Å². The first kappa shape index (κ1) is 14.3. The third-order valence-corrected chi connectivity index (χ3v) is 3.09. The molecule has 0 aliphatic heterocycles. The maximum Gasteiger partial charge on any atom is 0.254 e. The van der Waals surface area contributed by atoms with Crippen LogP contribution in [0.1, 0.15) is 36.2 Å². The third-order valence-electron chi connectivity index (χ3n) is 3.09. The number of nitrogens with zero attached hydrogens (tertiary/aromatic N) is 2. The highest BCUT2D eigenvalue weighted by molar-refractivity contribution is 5.93. The minimum atomic E-state index is -0.0510. The molecule has 0 bridgehead atoms. The topological polar surface area (TPSA) is 46.9 Å². The normalized spacial score (nSPS) is 10.8. The van der Waals surface area contributed by atoms with E-state index in [0.29, 0.717) is 24.6 Å². The van der Waals surface area contributed by atoms with Gasteiger partial charge in [-0.25, -0.2) is 0 Å². The highest BCUT2D eigenvalue weighted by Gasteiger charge is 2.08. The monoisotopic (exact) mass is 271 g/mol. The molecule has 106 valence electrons. The summed E-state index contributed by atoms with van der Waals surface area (Å²) < 4.78 is 1.78. The minimum absolute atomic E-state index is 0.0510. The van der Waals surface area contributed by atoms with E-state index in [2.05, 4.69) is 24.3 Å². The number of nitrogens with one attached hydrogen (secondary N) is 1. The summed E-state index contributed by atoms with van der Waals surface area (Å²) in [6, 6.07) is 10.1. The summed E-state index contributed by atoms with van der Waals surface area (Å²) in [6.07, 6.45) is 4.40. The molecule has 2 rings (SSSR count). The molecule has 0 fully saturated rings. The Morgan fingerprint density at radius 3 is 2.75 bits per heavy atom. The van der Waals surface area contributed by atoms with Gasteiger partial charge in [0.05, 0.1) is 18.3 Å². The number of rotatable bonds is 6. The first-order valence-corrected chi connectivity index (χ1v) is 6.99. The largest absolute Gasteiger partial charge is 0.352 e. The van der Waals surface area contributed by atoms with E-state index >= 15 is 0 Å². The molecule has 4 heteroatoms. The van der Waals surface area contributed by atoms with Crippen LogP contribution < -0.4 is 5.32 Å². The summed E-state index contributed by atoms with van der Waals surface area (Å²) in [6.45, 7) is 5.68. The van der Waals surface area contributed by atoms with Gasteiger partial charge in [0.15, 0.2) is 0 Å². The van der Waals surface area contributed by atoms with Crippen LogP contribution >= 0.6 is 0 Å². The average molecular weight is 271 g/mol. The van der Waals surface area contributed by atoms with Gasteiger partial charge in [0.2, 0.25) is 0 Å². The fraction of sp³-hybridized carbons (Fsp3) is 0.375. The van der Waals surface area contributed by atoms with Crippen molar-refractivity contribution < 1.29 is 4.79 Å². The van der Waals surface area contributed by atoms with Crippen LogP contribution in [0.5, 0.6) is 0 Å². The van der Waals surface area contributed by atoms with Gasteiger partial charge >= 0.3 is 0 Å². The van der Waals surface area contributed by atoms with E-state index in [9.17, 15) is 4.79 Å². The Bertz CT molecular complexity index is 546. The van der Waals surface area contributed by atoms with Crippen molar-refractivity contribution in [3.63, 3.8) is 0 Å². The van der Waals surface area contributed by atoms with Gasteiger partial charge in [0.25, 0.3) is 5.91 Å². The van der Waals surface area contributed by atoms with E-state index in [-0.39, 0.29) is 5.91 Å². The lowest BCUT2D eigenvalue weighted by Gasteiger charge is -2.05. The molecule has 1 aromatic heterocycles. The van der Waals surface area contributed by atoms with Crippen molar-refractivity contribution in [2.24, 2.45) is 5.92 Å². The van der Waals surface area contributed by atoms with Crippen LogP contribution in [-0.2, 0) is 6.54 Å². The molecular weight excluding hydrogens is 250 g/mol. The smallest absolute Gasteiger partial charge is 0.254 e. The fourth-order valence-electron chi connectivity index (χ4n) is 1.91. The molecule has 1 amide bonds. The molecule has 0 atom stereocenters. The van der Waals surface area contributed by atoms with E-state index < -0.39 is 0 Å². The molecule has 1 N–H and O–H groups in total. The fourth-order valence-corrected chi connectivity index (χ4v) is 1.91. The van der Waals surface area contributed by atoms with Crippen LogP contribution in [0.3, 0.4) is 0 Å². The maximum atomic E-state index is 11.9. The van der Waals surface area contributed by atoms with Crippen molar-refractivity contribution in [2.75, 3.05) is 6.54 Å². The molecule has 4 nitrogen and oxygen atoms in total. The Balaban J connectivity index is 1.90. The first-order valence-electron chi connectivity index (χ1n) is 6.99. The lowest BCUT2D eigenvalue weighted by molar-refractivity contribution is 0.0952. The highest BCUT2D eigenvalue weighted by Crippen LogP contribution is 2.04. The number of amides is 1. The molecule has 0 spiro atoms. The molecule has 0 saturated carbocycles. The summed E-state index contributed by atoms with van der Waals surface area (Å²) in [5.41, 5.74) is 1.78. The van der Waals surface area contributed by atoms with E-state index in [1.807, 2.05) is 30.3 Å². The van der Waals surface area contributed by atoms with Gasteiger partial charge in [-0.1, -0.05) is 44.2 Å². The Morgan fingerprint density at radius 1 is 1.30 bits per heavy atom. The summed E-state index contributed by atoms with van der Waals surface area (Å²) in [4.78, 5) is 11.9. The Labute approximate surface area is 119 Å². The molecule has 0 aliphatic rings. The van der Waals surface area contributed by atoms with Crippen LogP contribution in [-0.4, -0.2) is 22.2 Å². The molecular formula is C16H21N3O. The van der Waals surface area contributed by atoms with Crippen LogP contribution in [0.4, 0.5) is 0 Å². The van der Waals surface area contributed by atoms with Gasteiger partial charge in [-0.2, -0.15) is 5.10 Å². The van der Waals surface area contributed by atoms with Crippen molar-refractivity contribution in [1.29, 1.82) is 0 Å². The second-order valence-corrected chi connectivity index (χ2v) is 5.35. The number of carbonyl (C=O) groups is 1. The standard InChI is InChI=1S/C16H21N3O/c1-13(2)8-9-17-16(20)15-10-18-19(12-15)11-14-6-4-3-5-7-14/h3-7,10,12-13H,8-9,11H2,1-2H3,(H,17,20). The summed E-state index contributed by atoms with van der Waals surface area (Å²) in [5.74, 6) is 0.543. The number of carbonyl (C=O) groups excluding carboxylic acids is 1. The maximum absolute atomic E-state index is 11.9. The summed E-state index contributed by atoms with van der Waals surface area (Å²) in [7, 11) is 0. The predicted octanol–water partition coefficient (Wildman–Crippen LogP) is 2.71. The van der Waals surface area contributed by atoms with Gasteiger partial charge in [0.1, 0.15) is 0 Å². The van der Waals surface area contributed by atoms with Gasteiger partial charge in [-0.15, -0.1) is 0 Å². The molecule has 0 radical (unpaired) electrons. The van der Waals surface area contributed by atoms with Gasteiger partial charge in [-0.3, -0.25) is 9.48 Å². The zero-order valence-corrected chi connectivity index (χ0v) is 12.0. The van der Waals surface area contributed by atoms with Crippen LogP contribution in [0.15, 0.2) is 42.7 Å². The second-order valence-electron chi connectivity index (χ2n) is 5.35. The SMILES string of the molecule is CC(C)CCNC(=O)c1cnn(Cc2ccccc2)c1. The number of hydrogen-bond acceptors (Lipinski definition) is 2. The number of aromatic nitrogens is 2. The van der Waals surface area contributed by atoms with E-state index in [1.54, 1.807) is 17.1 Å². The molecule has 1 heterocycles. The Hall–Kier alpha value is -2.10. The molecule has 20 heavy (non-hydrogen) atoms. The van der Waals surface area contributed by atoms with Gasteiger partial charge in [-0.05, 0) is 17.9 Å². The Kier molecular flexibility index (Phi) is 4.93. The molecule has 2 aromatic rings. The van der Waals surface area contributed by atoms with E-state index in [0.717, 1.165) is 6.42 Å². The lowest BCUT2D eigenvalue weighted by atomic mass is 10.1. The van der Waals surface area contributed by atoms with E-state index in [1.165, 1.54) is 5.56 Å². The summed E-state index contributed by atoms with van der Waals surface area (Å²) >= 11 is 0.